The van der Waals surface area contributed by atoms with Crippen LogP contribution >= 0.6 is 0 Å². The fraction of sp³-hybridized carbons (Fsp3) is 0. The number of nitrogens with two attached hydrogens (primary N) is 1. The van der Waals surface area contributed by atoms with Gasteiger partial charge in [-0.25, -0.2) is 9.97 Å². The third kappa shape index (κ3) is 4.50. The monoisotopic (exact) mass is 503 g/mol. The first-order valence-corrected chi connectivity index (χ1v) is 11.1. The Kier molecular flexibility index (Phi) is 6.23. The third-order valence-electron chi connectivity index (χ3n) is 5.52. The topological polar surface area (TPSA) is 185 Å². The Morgan fingerprint density at radius 3 is 2.47 bits per heavy atom. The molecule has 2 aromatic heterocycles. The first-order chi connectivity index (χ1) is 18.5. The minimum absolute atomic E-state index is 0.0166. The Morgan fingerprint density at radius 2 is 1.76 bits per heavy atom. The molecule has 4 N–H and O–H groups in total. The molecule has 3 aromatic carbocycles. The van der Waals surface area contributed by atoms with Crippen LogP contribution in [-0.2, 0) is 0 Å². The van der Waals surface area contributed by atoms with Crippen molar-refractivity contribution in [2.45, 2.75) is 0 Å². The average molecular weight is 503 g/mol. The Labute approximate surface area is 214 Å². The summed E-state index contributed by atoms with van der Waals surface area (Å²) in [6, 6.07) is 18.2. The highest BCUT2D eigenvalue weighted by Crippen LogP contribution is 2.40. The van der Waals surface area contributed by atoms with Crippen molar-refractivity contribution in [3.63, 3.8) is 0 Å². The highest BCUT2D eigenvalue weighted by atomic mass is 16.3. The van der Waals surface area contributed by atoms with E-state index in [2.05, 4.69) is 30.6 Å². The number of rotatable bonds is 6. The molecule has 184 valence electrons. The number of hydrogen-bond donors (Lipinski definition) is 3. The molecule has 5 aromatic rings. The van der Waals surface area contributed by atoms with E-state index in [1.165, 1.54) is 53.6 Å². The van der Waals surface area contributed by atoms with Gasteiger partial charge in [-0.1, -0.05) is 24.3 Å². The summed E-state index contributed by atoms with van der Waals surface area (Å²) in [7, 11) is 0. The van der Waals surface area contributed by atoms with Crippen LogP contribution in [0.4, 0.5) is 17.2 Å². The van der Waals surface area contributed by atoms with Gasteiger partial charge in [0.15, 0.2) is 11.6 Å². The summed E-state index contributed by atoms with van der Waals surface area (Å²) in [4.78, 5) is 32.7. The molecule has 0 bridgehead atoms. The van der Waals surface area contributed by atoms with Gasteiger partial charge in [-0.15, -0.1) is 10.2 Å². The van der Waals surface area contributed by atoms with E-state index >= 15 is 0 Å². The maximum absolute atomic E-state index is 13.1. The molecule has 2 heterocycles. The summed E-state index contributed by atoms with van der Waals surface area (Å²) in [6.07, 6.45) is 4.33. The van der Waals surface area contributed by atoms with Gasteiger partial charge in [0.25, 0.3) is 11.9 Å². The van der Waals surface area contributed by atoms with Crippen molar-refractivity contribution in [1.82, 2.24) is 19.7 Å². The molecule has 0 saturated heterocycles. The number of aromatic nitrogens is 4. The van der Waals surface area contributed by atoms with Crippen LogP contribution < -0.4 is 11.1 Å². The highest BCUT2D eigenvalue weighted by Gasteiger charge is 2.20. The Hall–Kier alpha value is -5.96. The van der Waals surface area contributed by atoms with E-state index in [0.29, 0.717) is 16.5 Å². The van der Waals surface area contributed by atoms with Crippen molar-refractivity contribution in [2.75, 3.05) is 5.32 Å². The molecule has 0 fully saturated rings. The first-order valence-electron chi connectivity index (χ1n) is 11.1. The number of nitriles is 1. The molecular formula is C26H17N9O3. The summed E-state index contributed by atoms with van der Waals surface area (Å²) < 4.78 is 1.24. The number of amides is 2. The summed E-state index contributed by atoms with van der Waals surface area (Å²) in [6.45, 7) is 0. The van der Waals surface area contributed by atoms with Gasteiger partial charge in [-0.05, 0) is 41.8 Å². The average Bonchev–Trinajstić information content (AvgIpc) is 3.36. The molecule has 0 unspecified atom stereocenters. The number of carbonyl (C=O) groups excluding carboxylic acids is 2. The lowest BCUT2D eigenvalue weighted by molar-refractivity contribution is 0.0998. The molecule has 2 amide bonds. The summed E-state index contributed by atoms with van der Waals surface area (Å²) in [5.41, 5.74) is 6.01. The largest absolute Gasteiger partial charge is 0.505 e. The molecular weight excluding hydrogens is 486 g/mol. The molecule has 0 spiro atoms. The lowest BCUT2D eigenvalue weighted by Gasteiger charge is -2.11. The number of aromatic hydroxyl groups is 1. The second-order valence-corrected chi connectivity index (χ2v) is 7.89. The molecule has 12 heteroatoms. The Balaban J connectivity index is 1.56. The van der Waals surface area contributed by atoms with Gasteiger partial charge in [0, 0.05) is 29.0 Å². The first kappa shape index (κ1) is 23.8. The number of benzene rings is 3. The quantitative estimate of drug-likeness (QED) is 0.290. The second kappa shape index (κ2) is 9.96. The zero-order chi connectivity index (χ0) is 26.6. The van der Waals surface area contributed by atoms with Crippen LogP contribution in [-0.4, -0.2) is 36.7 Å². The number of primary amides is 1. The lowest BCUT2D eigenvalue weighted by Crippen LogP contribution is -2.13. The number of nitrogens with one attached hydrogen (secondary N) is 1. The molecule has 0 saturated carbocycles. The lowest BCUT2D eigenvalue weighted by atomic mass is 10.0. The van der Waals surface area contributed by atoms with Crippen LogP contribution in [0, 0.1) is 11.3 Å². The van der Waals surface area contributed by atoms with Gasteiger partial charge < -0.3 is 16.2 Å². The molecule has 12 nitrogen and oxygen atoms in total. The van der Waals surface area contributed by atoms with E-state index < -0.39 is 17.6 Å². The number of carbonyl (C=O) groups is 2. The normalized spacial score (nSPS) is 10.9. The molecule has 0 atom stereocenters. The van der Waals surface area contributed by atoms with Crippen molar-refractivity contribution in [1.29, 1.82) is 5.26 Å². The molecule has 38 heavy (non-hydrogen) atoms. The van der Waals surface area contributed by atoms with E-state index in [4.69, 9.17) is 5.73 Å². The predicted molar refractivity (Wildman–Crippen MR) is 137 cm³/mol. The fourth-order valence-corrected chi connectivity index (χ4v) is 3.67. The minimum atomic E-state index is -0.614. The number of phenols is 1. The maximum atomic E-state index is 13.1. The number of hydrogen-bond acceptors (Lipinski definition) is 9. The maximum Gasteiger partial charge on any atom is 0.259 e. The second-order valence-electron chi connectivity index (χ2n) is 7.89. The zero-order valence-corrected chi connectivity index (χ0v) is 19.5. The Morgan fingerprint density at radius 1 is 1.03 bits per heavy atom. The number of nitrogens with zero attached hydrogens (tertiary/aromatic N) is 7. The Bertz CT molecular complexity index is 1760. The van der Waals surface area contributed by atoms with Crippen molar-refractivity contribution in [3.05, 3.63) is 95.9 Å². The molecule has 0 aliphatic rings. The van der Waals surface area contributed by atoms with Crippen LogP contribution in [0.5, 0.6) is 5.75 Å². The molecule has 0 aliphatic carbocycles. The molecule has 5 rings (SSSR count). The van der Waals surface area contributed by atoms with Gasteiger partial charge in [-0.3, -0.25) is 9.59 Å². The van der Waals surface area contributed by atoms with Crippen molar-refractivity contribution in [2.24, 2.45) is 16.0 Å². The van der Waals surface area contributed by atoms with Crippen LogP contribution in [0.3, 0.4) is 0 Å². The number of anilines is 1. The van der Waals surface area contributed by atoms with Crippen LogP contribution in [0.2, 0.25) is 0 Å². The third-order valence-corrected chi connectivity index (χ3v) is 5.52. The van der Waals surface area contributed by atoms with Crippen molar-refractivity contribution >= 4 is 39.8 Å². The SMILES string of the molecule is N#Cc1cnn(-c2ncccn2)c1/N=N/c1c(O)c(C(=O)Nc2ccc(C(N)=O)cc2)cc2ccccc12. The standard InChI is InChI=1S/C26H17N9O3/c27-13-17-14-31-35(26-29-10-3-11-30-26)24(17)34-33-21-19-5-2-1-4-16(19)12-20(22(21)36)25(38)32-18-8-6-15(7-9-18)23(28)37/h1-12,14,36H,(H2,28,37)(H,32,38)/b34-33+. The smallest absolute Gasteiger partial charge is 0.259 e. The van der Waals surface area contributed by atoms with E-state index in [0.717, 1.165) is 0 Å². The van der Waals surface area contributed by atoms with E-state index in [-0.39, 0.29) is 34.1 Å². The van der Waals surface area contributed by atoms with Gasteiger partial charge in [0.05, 0.1) is 11.8 Å². The predicted octanol–water partition coefficient (Wildman–Crippen LogP) is 4.16. The van der Waals surface area contributed by atoms with Crippen LogP contribution in [0.15, 0.2) is 89.5 Å². The number of fused-ring (bicyclic) bond motifs is 1. The number of phenolic OH excluding ortho intramolecular Hbond substituents is 1. The summed E-state index contributed by atoms with van der Waals surface area (Å²) in [5.74, 6) is -1.40. The van der Waals surface area contributed by atoms with Crippen molar-refractivity contribution in [3.8, 4) is 17.8 Å². The summed E-state index contributed by atoms with van der Waals surface area (Å²) >= 11 is 0. The zero-order valence-electron chi connectivity index (χ0n) is 19.5. The van der Waals surface area contributed by atoms with Crippen molar-refractivity contribution < 1.29 is 14.7 Å². The van der Waals surface area contributed by atoms with E-state index in [9.17, 15) is 20.0 Å². The van der Waals surface area contributed by atoms with Crippen LogP contribution in [0.25, 0.3) is 16.7 Å². The molecule has 0 aliphatic heterocycles. The van der Waals surface area contributed by atoms with Gasteiger partial charge in [-0.2, -0.15) is 15.0 Å². The number of azo groups is 1. The van der Waals surface area contributed by atoms with Gasteiger partial charge in [0.2, 0.25) is 5.91 Å². The van der Waals surface area contributed by atoms with Gasteiger partial charge in [0.1, 0.15) is 17.3 Å². The molecule has 0 radical (unpaired) electrons. The minimum Gasteiger partial charge on any atom is -0.505 e. The van der Waals surface area contributed by atoms with Crippen LogP contribution in [0.1, 0.15) is 26.3 Å². The highest BCUT2D eigenvalue weighted by molar-refractivity contribution is 6.11. The fourth-order valence-electron chi connectivity index (χ4n) is 3.67. The van der Waals surface area contributed by atoms with E-state index in [1.807, 2.05) is 6.07 Å². The summed E-state index contributed by atoms with van der Waals surface area (Å²) in [5, 5.41) is 37.0. The van der Waals surface area contributed by atoms with E-state index in [1.54, 1.807) is 30.3 Å². The van der Waals surface area contributed by atoms with Gasteiger partial charge >= 0.3 is 0 Å².